The summed E-state index contributed by atoms with van der Waals surface area (Å²) in [6.45, 7) is 11.2. The number of likely N-dealkylation sites (tertiary alicyclic amines) is 1. The summed E-state index contributed by atoms with van der Waals surface area (Å²) in [5, 5.41) is 3.39. The number of nitrogens with one attached hydrogen (secondary N) is 1. The number of aliphatic imine (C=N–C) groups is 1. The number of oxazole rings is 1. The van der Waals surface area contributed by atoms with E-state index < -0.39 is 0 Å². The van der Waals surface area contributed by atoms with Crippen LogP contribution in [0.15, 0.2) is 39.9 Å². The minimum absolute atomic E-state index is 0. The summed E-state index contributed by atoms with van der Waals surface area (Å²) in [6.07, 6.45) is 2.84. The van der Waals surface area contributed by atoms with Gasteiger partial charge in [-0.25, -0.2) is 9.98 Å². The van der Waals surface area contributed by atoms with Crippen LogP contribution < -0.4 is 5.32 Å². The maximum atomic E-state index is 5.64. The van der Waals surface area contributed by atoms with Crippen LogP contribution >= 0.6 is 24.0 Å². The number of nitrogens with zero attached hydrogens (tertiary/aromatic N) is 3. The van der Waals surface area contributed by atoms with E-state index in [4.69, 9.17) is 14.1 Å². The summed E-state index contributed by atoms with van der Waals surface area (Å²) in [6, 6.07) is 8.18. The number of halogens is 1. The molecule has 7 heteroatoms. The lowest BCUT2D eigenvalue weighted by atomic mass is 10.1. The first-order valence-electron chi connectivity index (χ1n) is 9.82. The van der Waals surface area contributed by atoms with Crippen LogP contribution in [0.2, 0.25) is 0 Å². The van der Waals surface area contributed by atoms with Crippen LogP contribution in [0.4, 0.5) is 0 Å². The van der Waals surface area contributed by atoms with Gasteiger partial charge in [0.25, 0.3) is 0 Å². The molecular weight excluding hydrogens is 467 g/mol. The SMILES string of the molecule is CCNC(=NCc1coc(-c2ccc(C)cc2)n1)N1CCC(COCC)C1.I. The second kappa shape index (κ2) is 11.4. The highest BCUT2D eigenvalue weighted by molar-refractivity contribution is 14.0. The molecule has 2 heterocycles. The Balaban J connectivity index is 0.00000280. The zero-order valence-corrected chi connectivity index (χ0v) is 19.3. The molecule has 1 N–H and O–H groups in total. The molecule has 3 rings (SSSR count). The van der Waals surface area contributed by atoms with Crippen LogP contribution in [0.1, 0.15) is 31.5 Å². The van der Waals surface area contributed by atoms with Gasteiger partial charge < -0.3 is 19.4 Å². The number of aryl methyl sites for hydroxylation is 1. The van der Waals surface area contributed by atoms with E-state index in [9.17, 15) is 0 Å². The third kappa shape index (κ3) is 6.20. The van der Waals surface area contributed by atoms with Gasteiger partial charge >= 0.3 is 0 Å². The summed E-state index contributed by atoms with van der Waals surface area (Å²) < 4.78 is 11.2. The van der Waals surface area contributed by atoms with Crippen molar-refractivity contribution in [3.05, 3.63) is 41.8 Å². The topological polar surface area (TPSA) is 62.9 Å². The molecule has 154 valence electrons. The molecule has 2 aromatic rings. The Bertz CT molecular complexity index is 745. The molecule has 0 radical (unpaired) electrons. The standard InChI is InChI=1S/C21H30N4O2.HI/c1-4-22-21(25-11-10-17(13-25)14-26-5-2)23-12-19-15-27-20(24-19)18-8-6-16(3)7-9-18;/h6-9,15,17H,4-5,10-14H2,1-3H3,(H,22,23);1H. The maximum absolute atomic E-state index is 5.64. The van der Waals surface area contributed by atoms with Crippen molar-refractivity contribution in [1.82, 2.24) is 15.2 Å². The van der Waals surface area contributed by atoms with Crippen molar-refractivity contribution in [3.8, 4) is 11.5 Å². The van der Waals surface area contributed by atoms with E-state index in [1.807, 2.05) is 19.1 Å². The van der Waals surface area contributed by atoms with Crippen molar-refractivity contribution < 1.29 is 9.15 Å². The molecule has 1 aromatic heterocycles. The van der Waals surface area contributed by atoms with E-state index in [-0.39, 0.29) is 24.0 Å². The molecule has 0 aliphatic carbocycles. The third-order valence-electron chi connectivity index (χ3n) is 4.72. The molecule has 1 atom stereocenters. The fraction of sp³-hybridized carbons (Fsp3) is 0.524. The number of ether oxygens (including phenoxy) is 1. The van der Waals surface area contributed by atoms with Gasteiger partial charge in [-0.15, -0.1) is 24.0 Å². The zero-order valence-electron chi connectivity index (χ0n) is 17.0. The van der Waals surface area contributed by atoms with E-state index in [2.05, 4.69) is 41.2 Å². The molecule has 1 aromatic carbocycles. The number of rotatable bonds is 7. The van der Waals surface area contributed by atoms with Crippen molar-refractivity contribution in [3.63, 3.8) is 0 Å². The molecular formula is C21H31IN4O2. The van der Waals surface area contributed by atoms with E-state index in [1.54, 1.807) is 6.26 Å². The van der Waals surface area contributed by atoms with Crippen LogP contribution in [0, 0.1) is 12.8 Å². The molecule has 28 heavy (non-hydrogen) atoms. The molecule has 1 aliphatic heterocycles. The molecule has 0 amide bonds. The number of hydrogen-bond donors (Lipinski definition) is 1. The average Bonchev–Trinajstić information content (AvgIpc) is 3.34. The Hall–Kier alpha value is -1.61. The van der Waals surface area contributed by atoms with Crippen LogP contribution in [-0.2, 0) is 11.3 Å². The Morgan fingerprint density at radius 3 is 2.82 bits per heavy atom. The Morgan fingerprint density at radius 2 is 2.11 bits per heavy atom. The fourth-order valence-corrected chi connectivity index (χ4v) is 3.24. The lowest BCUT2D eigenvalue weighted by Crippen LogP contribution is -2.40. The summed E-state index contributed by atoms with van der Waals surface area (Å²) in [4.78, 5) is 11.7. The van der Waals surface area contributed by atoms with E-state index in [0.29, 0.717) is 18.4 Å². The van der Waals surface area contributed by atoms with Gasteiger partial charge in [-0.05, 0) is 39.3 Å². The lowest BCUT2D eigenvalue weighted by molar-refractivity contribution is 0.114. The average molecular weight is 498 g/mol. The van der Waals surface area contributed by atoms with Crippen LogP contribution in [0.3, 0.4) is 0 Å². The molecule has 0 spiro atoms. The molecule has 0 bridgehead atoms. The van der Waals surface area contributed by atoms with Crippen LogP contribution in [0.25, 0.3) is 11.5 Å². The van der Waals surface area contributed by atoms with Crippen molar-refractivity contribution >= 4 is 29.9 Å². The second-order valence-electron chi connectivity index (χ2n) is 6.94. The first kappa shape index (κ1) is 22.7. The zero-order chi connectivity index (χ0) is 19.1. The van der Waals surface area contributed by atoms with Gasteiger partial charge in [0.2, 0.25) is 5.89 Å². The largest absolute Gasteiger partial charge is 0.444 e. The van der Waals surface area contributed by atoms with Gasteiger partial charge in [0.15, 0.2) is 5.96 Å². The van der Waals surface area contributed by atoms with Crippen molar-refractivity contribution in [1.29, 1.82) is 0 Å². The van der Waals surface area contributed by atoms with Crippen molar-refractivity contribution in [2.24, 2.45) is 10.9 Å². The highest BCUT2D eigenvalue weighted by Gasteiger charge is 2.24. The van der Waals surface area contributed by atoms with Gasteiger partial charge in [0.1, 0.15) is 12.0 Å². The van der Waals surface area contributed by atoms with Crippen LogP contribution in [-0.4, -0.2) is 48.7 Å². The summed E-state index contributed by atoms with van der Waals surface area (Å²) >= 11 is 0. The van der Waals surface area contributed by atoms with Crippen molar-refractivity contribution in [2.75, 3.05) is 32.8 Å². The molecule has 0 saturated carbocycles. The smallest absolute Gasteiger partial charge is 0.226 e. The fourth-order valence-electron chi connectivity index (χ4n) is 3.24. The normalized spacial score (nSPS) is 16.9. The monoisotopic (exact) mass is 498 g/mol. The maximum Gasteiger partial charge on any atom is 0.226 e. The van der Waals surface area contributed by atoms with E-state index in [0.717, 1.165) is 56.5 Å². The Labute approximate surface area is 184 Å². The molecule has 1 aliphatic rings. The Morgan fingerprint density at radius 1 is 1.32 bits per heavy atom. The lowest BCUT2D eigenvalue weighted by Gasteiger charge is -2.21. The number of guanidine groups is 1. The number of aromatic nitrogens is 1. The molecule has 1 fully saturated rings. The third-order valence-corrected chi connectivity index (χ3v) is 4.72. The number of hydrogen-bond acceptors (Lipinski definition) is 4. The Kier molecular flexibility index (Phi) is 9.24. The molecule has 1 unspecified atom stereocenters. The van der Waals surface area contributed by atoms with Gasteiger partial charge in [0, 0.05) is 37.7 Å². The van der Waals surface area contributed by atoms with E-state index in [1.165, 1.54) is 5.56 Å². The van der Waals surface area contributed by atoms with E-state index >= 15 is 0 Å². The predicted molar refractivity (Wildman–Crippen MR) is 123 cm³/mol. The van der Waals surface area contributed by atoms with Gasteiger partial charge in [-0.1, -0.05) is 17.7 Å². The van der Waals surface area contributed by atoms with Crippen LogP contribution in [0.5, 0.6) is 0 Å². The molecule has 6 nitrogen and oxygen atoms in total. The minimum Gasteiger partial charge on any atom is -0.444 e. The number of benzene rings is 1. The first-order valence-corrected chi connectivity index (χ1v) is 9.82. The second-order valence-corrected chi connectivity index (χ2v) is 6.94. The highest BCUT2D eigenvalue weighted by Crippen LogP contribution is 2.20. The van der Waals surface area contributed by atoms with Gasteiger partial charge in [-0.3, -0.25) is 0 Å². The predicted octanol–water partition coefficient (Wildman–Crippen LogP) is 4.09. The van der Waals surface area contributed by atoms with Gasteiger partial charge in [0.05, 0.1) is 13.2 Å². The van der Waals surface area contributed by atoms with Crippen molar-refractivity contribution in [2.45, 2.75) is 33.7 Å². The minimum atomic E-state index is 0. The first-order chi connectivity index (χ1) is 13.2. The molecule has 1 saturated heterocycles. The quantitative estimate of drug-likeness (QED) is 0.354. The highest BCUT2D eigenvalue weighted by atomic mass is 127. The summed E-state index contributed by atoms with van der Waals surface area (Å²) in [7, 11) is 0. The summed E-state index contributed by atoms with van der Waals surface area (Å²) in [5.74, 6) is 2.16. The van der Waals surface area contributed by atoms with Gasteiger partial charge in [-0.2, -0.15) is 0 Å². The summed E-state index contributed by atoms with van der Waals surface area (Å²) in [5.41, 5.74) is 3.05.